The fraction of sp³-hybridized carbons (Fsp3) is 0.667. The van der Waals surface area contributed by atoms with E-state index in [4.69, 9.17) is 5.11 Å². The molecule has 76 valence electrons. The topological polar surface area (TPSA) is 98.7 Å². The van der Waals surface area contributed by atoms with E-state index in [1.54, 1.807) is 0 Å². The number of carboxylic acids is 1. The van der Waals surface area contributed by atoms with Gasteiger partial charge in [-0.3, -0.25) is 0 Å². The summed E-state index contributed by atoms with van der Waals surface area (Å²) < 4.78 is 15.1. The summed E-state index contributed by atoms with van der Waals surface area (Å²) in [6.45, 7) is 0.145. The molecule has 0 aliphatic rings. The molecule has 1 unspecified atom stereocenters. The van der Waals surface area contributed by atoms with Gasteiger partial charge in [0.25, 0.3) is 0 Å². The van der Waals surface area contributed by atoms with Crippen LogP contribution < -0.4 is 5.32 Å². The number of methoxy groups -OCH3 is 1. The zero-order chi connectivity index (χ0) is 10.3. The summed E-state index contributed by atoms with van der Waals surface area (Å²) in [5.74, 6) is -1.40. The van der Waals surface area contributed by atoms with Crippen molar-refractivity contribution in [2.24, 2.45) is 0 Å². The molecule has 0 radical (unpaired) electrons. The maximum absolute atomic E-state index is 10.9. The Morgan fingerprint density at radius 1 is 1.62 bits per heavy atom. The zero-order valence-electron chi connectivity index (χ0n) is 7.11. The van der Waals surface area contributed by atoms with Crippen LogP contribution in [0.15, 0.2) is 0 Å². The lowest BCUT2D eigenvalue weighted by molar-refractivity contribution is -0.134. The molecule has 0 rings (SSSR count). The Morgan fingerprint density at radius 2 is 2.23 bits per heavy atom. The van der Waals surface area contributed by atoms with Gasteiger partial charge in [0, 0.05) is 0 Å². The lowest BCUT2D eigenvalue weighted by Crippen LogP contribution is -2.30. The van der Waals surface area contributed by atoms with Gasteiger partial charge >= 0.3 is 12.1 Å². The largest absolute Gasteiger partial charge is 0.616 e. The predicted octanol–water partition coefficient (Wildman–Crippen LogP) is -0.824. The van der Waals surface area contributed by atoms with Crippen LogP contribution in [0.4, 0.5) is 4.79 Å². The van der Waals surface area contributed by atoms with Gasteiger partial charge in [-0.2, -0.15) is 0 Å². The highest BCUT2D eigenvalue weighted by atomic mass is 32.2. The van der Waals surface area contributed by atoms with Crippen LogP contribution in [-0.4, -0.2) is 46.9 Å². The molecule has 0 fully saturated rings. The molecule has 0 saturated heterocycles. The summed E-state index contributed by atoms with van der Waals surface area (Å²) >= 11 is -1.44. The molecule has 6 nitrogen and oxygen atoms in total. The zero-order valence-corrected chi connectivity index (χ0v) is 7.93. The molecule has 0 bridgehead atoms. The summed E-state index contributed by atoms with van der Waals surface area (Å²) in [7, 11) is 1.21. The van der Waals surface area contributed by atoms with E-state index in [1.807, 2.05) is 0 Å². The Hall–Kier alpha value is -0.950. The first-order valence-corrected chi connectivity index (χ1v) is 4.93. The van der Waals surface area contributed by atoms with E-state index in [1.165, 1.54) is 7.11 Å². The van der Waals surface area contributed by atoms with Crippen LogP contribution in [0.5, 0.6) is 0 Å². The van der Waals surface area contributed by atoms with Crippen molar-refractivity contribution in [2.75, 3.05) is 25.2 Å². The molecular formula is C6H11NO5S. The van der Waals surface area contributed by atoms with Crippen molar-refractivity contribution in [3.63, 3.8) is 0 Å². The highest BCUT2D eigenvalue weighted by molar-refractivity contribution is 7.92. The Kier molecular flexibility index (Phi) is 6.07. The second-order valence-corrected chi connectivity index (χ2v) is 3.68. The molecule has 0 spiro atoms. The summed E-state index contributed by atoms with van der Waals surface area (Å²) in [6, 6.07) is 0. The fourth-order valence-electron chi connectivity index (χ4n) is 0.549. The van der Waals surface area contributed by atoms with Crippen LogP contribution in [0, 0.1) is 0 Å². The molecule has 1 atom stereocenters. The predicted molar refractivity (Wildman–Crippen MR) is 45.9 cm³/mol. The first-order valence-electron chi connectivity index (χ1n) is 3.45. The lowest BCUT2D eigenvalue weighted by Gasteiger charge is -2.08. The van der Waals surface area contributed by atoms with Crippen LogP contribution >= 0.6 is 0 Å². The number of carbonyl (C=O) groups excluding carboxylic acids is 1. The van der Waals surface area contributed by atoms with Crippen LogP contribution in [-0.2, 0) is 20.7 Å². The van der Waals surface area contributed by atoms with Crippen LogP contribution in [0.1, 0.15) is 0 Å². The molecule has 1 amide bonds. The number of hydrogen-bond donors (Lipinski definition) is 2. The molecule has 0 aliphatic heterocycles. The molecule has 0 aromatic heterocycles. The van der Waals surface area contributed by atoms with Gasteiger partial charge in [0.2, 0.25) is 5.75 Å². The summed E-state index contributed by atoms with van der Waals surface area (Å²) in [4.78, 5) is 20.5. The quantitative estimate of drug-likeness (QED) is 0.576. The van der Waals surface area contributed by atoms with E-state index >= 15 is 0 Å². The van der Waals surface area contributed by atoms with Gasteiger partial charge < -0.3 is 19.7 Å². The van der Waals surface area contributed by atoms with E-state index in [-0.39, 0.29) is 12.3 Å². The van der Waals surface area contributed by atoms with Gasteiger partial charge in [-0.15, -0.1) is 0 Å². The van der Waals surface area contributed by atoms with E-state index < -0.39 is 29.0 Å². The van der Waals surface area contributed by atoms with Crippen molar-refractivity contribution in [1.82, 2.24) is 5.32 Å². The number of hydrogen-bond acceptors (Lipinski definition) is 4. The number of rotatable bonds is 5. The summed E-state index contributed by atoms with van der Waals surface area (Å²) in [5, 5.41) is 10.5. The maximum Gasteiger partial charge on any atom is 0.407 e. The molecule has 13 heavy (non-hydrogen) atoms. The molecule has 2 N–H and O–H groups in total. The monoisotopic (exact) mass is 209 g/mol. The maximum atomic E-state index is 10.9. The van der Waals surface area contributed by atoms with E-state index in [2.05, 4.69) is 10.1 Å². The number of carboxylic acid groups (broad SMARTS) is 1. The number of nitrogens with one attached hydrogen (secondary N) is 1. The minimum Gasteiger partial charge on any atom is -0.616 e. The summed E-state index contributed by atoms with van der Waals surface area (Å²) in [6.07, 6.45) is -0.618. The van der Waals surface area contributed by atoms with Crippen molar-refractivity contribution in [1.29, 1.82) is 0 Å². The highest BCUT2D eigenvalue weighted by Crippen LogP contribution is 1.88. The second-order valence-electron chi connectivity index (χ2n) is 2.10. The molecule has 0 aromatic rings. The number of aliphatic carboxylic acids is 1. The van der Waals surface area contributed by atoms with E-state index in [0.717, 1.165) is 0 Å². The number of ether oxygens (including phenoxy) is 1. The third-order valence-electron chi connectivity index (χ3n) is 1.07. The fourth-order valence-corrected chi connectivity index (χ4v) is 1.30. The number of alkyl carbamates (subject to hydrolysis) is 1. The Bertz CT molecular complexity index is 186. The van der Waals surface area contributed by atoms with Crippen molar-refractivity contribution in [2.45, 2.75) is 0 Å². The number of carbonyl (C=O) groups is 2. The Morgan fingerprint density at radius 3 is 2.69 bits per heavy atom. The third kappa shape index (κ3) is 7.41. The van der Waals surface area contributed by atoms with Gasteiger partial charge in [-0.25, -0.2) is 9.59 Å². The van der Waals surface area contributed by atoms with Gasteiger partial charge in [0.05, 0.1) is 13.7 Å². The van der Waals surface area contributed by atoms with Gasteiger partial charge in [0.15, 0.2) is 0 Å². The number of amides is 1. The minimum atomic E-state index is -1.44. The Balaban J connectivity index is 3.42. The smallest absolute Gasteiger partial charge is 0.407 e. The van der Waals surface area contributed by atoms with Gasteiger partial charge in [0.1, 0.15) is 5.75 Å². The van der Waals surface area contributed by atoms with Crippen molar-refractivity contribution >= 4 is 23.2 Å². The average Bonchev–Trinajstić information content (AvgIpc) is 2.02. The molecular weight excluding hydrogens is 198 g/mol. The molecule has 0 aliphatic carbocycles. The molecule has 0 heterocycles. The lowest BCUT2D eigenvalue weighted by atomic mass is 10.7. The van der Waals surface area contributed by atoms with Crippen LogP contribution in [0.3, 0.4) is 0 Å². The normalized spacial score (nSPS) is 11.8. The summed E-state index contributed by atoms with van der Waals surface area (Å²) in [5.41, 5.74) is 0. The average molecular weight is 209 g/mol. The van der Waals surface area contributed by atoms with Crippen LogP contribution in [0.2, 0.25) is 0 Å². The Labute approximate surface area is 78.4 Å². The SMILES string of the molecule is COC(=O)NCC[S+]([O-])CC(=O)O. The van der Waals surface area contributed by atoms with Gasteiger partial charge in [-0.1, -0.05) is 0 Å². The highest BCUT2D eigenvalue weighted by Gasteiger charge is 2.11. The minimum absolute atomic E-state index is 0.113. The third-order valence-corrected chi connectivity index (χ3v) is 2.30. The van der Waals surface area contributed by atoms with Crippen molar-refractivity contribution in [3.8, 4) is 0 Å². The second kappa shape index (κ2) is 6.55. The standard InChI is InChI=1S/C6H11NO5S/c1-12-6(10)7-2-3-13(11)4-5(8)9/h2-4H2,1H3,(H,7,10)(H,8,9). The first-order chi connectivity index (χ1) is 6.06. The van der Waals surface area contributed by atoms with E-state index in [0.29, 0.717) is 0 Å². The van der Waals surface area contributed by atoms with Gasteiger partial charge in [-0.05, 0) is 11.2 Å². The molecule has 7 heteroatoms. The van der Waals surface area contributed by atoms with Crippen molar-refractivity contribution in [3.05, 3.63) is 0 Å². The van der Waals surface area contributed by atoms with E-state index in [9.17, 15) is 14.1 Å². The first kappa shape index (κ1) is 12.0. The molecule has 0 saturated carbocycles. The van der Waals surface area contributed by atoms with Crippen molar-refractivity contribution < 1.29 is 24.0 Å². The molecule has 0 aromatic carbocycles. The van der Waals surface area contributed by atoms with Crippen LogP contribution in [0.25, 0.3) is 0 Å².